The molecule has 1 aromatic rings. The van der Waals surface area contributed by atoms with Crippen LogP contribution in [0.3, 0.4) is 0 Å². The standard InChI is InChI=1S/C13H19N3O5/c1-8-6-16(13(18)14-12(8)15-19)11-5-3-4-10(21-11)7-20-9(2)17/h6,10-11,19H,3-5,7H2,1-2H3,(H,14,15,18)/t10-,11+/m1/s1. The SMILES string of the molecule is CC(=O)OC[C@H]1CCC[C@@H](n2cc(C)c(NO)nc2=O)O1. The summed E-state index contributed by atoms with van der Waals surface area (Å²) in [7, 11) is 0. The monoisotopic (exact) mass is 297 g/mol. The molecule has 8 nitrogen and oxygen atoms in total. The summed E-state index contributed by atoms with van der Waals surface area (Å²) in [4.78, 5) is 26.5. The Kier molecular flexibility index (Phi) is 4.92. The number of aryl methyl sites for hydroxylation is 1. The number of nitrogens with one attached hydrogen (secondary N) is 1. The van der Waals surface area contributed by atoms with Gasteiger partial charge in [-0.2, -0.15) is 4.98 Å². The largest absolute Gasteiger partial charge is 0.463 e. The molecule has 0 aromatic carbocycles. The van der Waals surface area contributed by atoms with Crippen LogP contribution in [0.1, 0.15) is 38.0 Å². The average molecular weight is 297 g/mol. The fourth-order valence-electron chi connectivity index (χ4n) is 2.30. The molecule has 1 aliphatic rings. The molecule has 8 heteroatoms. The van der Waals surface area contributed by atoms with Gasteiger partial charge in [0.1, 0.15) is 12.8 Å². The van der Waals surface area contributed by atoms with Crippen molar-refractivity contribution in [2.45, 2.75) is 45.4 Å². The predicted molar refractivity (Wildman–Crippen MR) is 73.0 cm³/mol. The summed E-state index contributed by atoms with van der Waals surface area (Å²) >= 11 is 0. The predicted octanol–water partition coefficient (Wildman–Crippen LogP) is 0.984. The number of hydrogen-bond acceptors (Lipinski definition) is 7. The van der Waals surface area contributed by atoms with Gasteiger partial charge >= 0.3 is 11.7 Å². The Morgan fingerprint density at radius 1 is 1.62 bits per heavy atom. The first-order valence-electron chi connectivity index (χ1n) is 6.80. The average Bonchev–Trinajstić information content (AvgIpc) is 2.47. The van der Waals surface area contributed by atoms with Crippen molar-refractivity contribution in [2.75, 3.05) is 12.1 Å². The number of carbonyl (C=O) groups excluding carboxylic acids is 1. The number of anilines is 1. The van der Waals surface area contributed by atoms with Gasteiger partial charge in [-0.05, 0) is 26.2 Å². The van der Waals surface area contributed by atoms with Gasteiger partial charge in [0.15, 0.2) is 5.82 Å². The molecule has 1 aliphatic heterocycles. The highest BCUT2D eigenvalue weighted by Gasteiger charge is 2.25. The minimum Gasteiger partial charge on any atom is -0.463 e. The van der Waals surface area contributed by atoms with E-state index >= 15 is 0 Å². The first-order chi connectivity index (χ1) is 10.0. The van der Waals surface area contributed by atoms with Crippen LogP contribution in [-0.2, 0) is 14.3 Å². The third-order valence-corrected chi connectivity index (χ3v) is 3.35. The van der Waals surface area contributed by atoms with Crippen molar-refractivity contribution in [1.82, 2.24) is 9.55 Å². The number of esters is 1. The summed E-state index contributed by atoms with van der Waals surface area (Å²) in [6, 6.07) is 0. The molecule has 2 atom stereocenters. The van der Waals surface area contributed by atoms with Crippen LogP contribution in [0.4, 0.5) is 5.82 Å². The first kappa shape index (κ1) is 15.5. The van der Waals surface area contributed by atoms with Gasteiger partial charge in [0.25, 0.3) is 0 Å². The molecule has 2 rings (SSSR count). The van der Waals surface area contributed by atoms with Gasteiger partial charge in [-0.1, -0.05) is 0 Å². The lowest BCUT2D eigenvalue weighted by molar-refractivity contribution is -0.154. The molecule has 0 radical (unpaired) electrons. The van der Waals surface area contributed by atoms with Gasteiger partial charge in [0, 0.05) is 18.7 Å². The Labute approximate surface area is 121 Å². The van der Waals surface area contributed by atoms with Crippen molar-refractivity contribution in [3.8, 4) is 0 Å². The van der Waals surface area contributed by atoms with E-state index < -0.39 is 11.9 Å². The van der Waals surface area contributed by atoms with Crippen LogP contribution in [0.5, 0.6) is 0 Å². The maximum atomic E-state index is 12.0. The molecule has 1 fully saturated rings. The molecule has 0 bridgehead atoms. The van der Waals surface area contributed by atoms with Crippen LogP contribution in [0, 0.1) is 6.92 Å². The van der Waals surface area contributed by atoms with E-state index in [9.17, 15) is 9.59 Å². The second-order valence-corrected chi connectivity index (χ2v) is 5.02. The maximum Gasteiger partial charge on any atom is 0.351 e. The number of nitrogens with zero attached hydrogens (tertiary/aromatic N) is 2. The normalized spacial score (nSPS) is 21.9. The summed E-state index contributed by atoms with van der Waals surface area (Å²) in [6.07, 6.45) is 3.25. The number of ether oxygens (including phenoxy) is 2. The van der Waals surface area contributed by atoms with Crippen LogP contribution >= 0.6 is 0 Å². The van der Waals surface area contributed by atoms with Crippen LogP contribution in [0.15, 0.2) is 11.0 Å². The fraction of sp³-hybridized carbons (Fsp3) is 0.615. The van der Waals surface area contributed by atoms with Crippen LogP contribution in [0.25, 0.3) is 0 Å². The van der Waals surface area contributed by atoms with Gasteiger partial charge in [-0.25, -0.2) is 4.79 Å². The van der Waals surface area contributed by atoms with E-state index in [4.69, 9.17) is 14.7 Å². The highest BCUT2D eigenvalue weighted by atomic mass is 16.6. The van der Waals surface area contributed by atoms with Gasteiger partial charge in [-0.3, -0.25) is 20.0 Å². The summed E-state index contributed by atoms with van der Waals surface area (Å²) < 4.78 is 12.1. The van der Waals surface area contributed by atoms with E-state index in [1.54, 1.807) is 13.1 Å². The fourth-order valence-corrected chi connectivity index (χ4v) is 2.30. The summed E-state index contributed by atoms with van der Waals surface area (Å²) in [5.74, 6) is -0.225. The number of aromatic nitrogens is 2. The minimum atomic E-state index is -0.504. The van der Waals surface area contributed by atoms with Crippen LogP contribution < -0.4 is 11.2 Å². The minimum absolute atomic E-state index is 0.128. The highest BCUT2D eigenvalue weighted by molar-refractivity contribution is 5.65. The van der Waals surface area contributed by atoms with Gasteiger partial charge in [0.05, 0.1) is 6.10 Å². The van der Waals surface area contributed by atoms with Gasteiger partial charge in [-0.15, -0.1) is 0 Å². The molecule has 1 saturated heterocycles. The zero-order valence-electron chi connectivity index (χ0n) is 12.0. The van der Waals surface area contributed by atoms with Crippen molar-refractivity contribution in [1.29, 1.82) is 0 Å². The van der Waals surface area contributed by atoms with E-state index in [-0.39, 0.29) is 24.5 Å². The molecule has 2 heterocycles. The van der Waals surface area contributed by atoms with E-state index in [2.05, 4.69) is 4.98 Å². The zero-order valence-corrected chi connectivity index (χ0v) is 12.0. The number of rotatable bonds is 4. The number of hydrogen-bond donors (Lipinski definition) is 2. The van der Waals surface area contributed by atoms with E-state index in [0.717, 1.165) is 12.8 Å². The van der Waals surface area contributed by atoms with Gasteiger partial charge < -0.3 is 9.47 Å². The molecule has 0 spiro atoms. The Morgan fingerprint density at radius 3 is 3.05 bits per heavy atom. The Hall–Kier alpha value is -1.93. The quantitative estimate of drug-likeness (QED) is 0.631. The van der Waals surface area contributed by atoms with Crippen molar-refractivity contribution in [3.63, 3.8) is 0 Å². The lowest BCUT2D eigenvalue weighted by Crippen LogP contribution is -2.36. The van der Waals surface area contributed by atoms with Gasteiger partial charge in [0.2, 0.25) is 0 Å². The van der Waals surface area contributed by atoms with E-state index in [1.165, 1.54) is 11.5 Å². The summed E-state index contributed by atoms with van der Waals surface area (Å²) in [5, 5.41) is 8.87. The lowest BCUT2D eigenvalue weighted by atomic mass is 10.1. The molecule has 0 saturated carbocycles. The van der Waals surface area contributed by atoms with Crippen molar-refractivity contribution < 1.29 is 19.5 Å². The Bertz CT molecular complexity index is 571. The second kappa shape index (κ2) is 6.68. The summed E-state index contributed by atoms with van der Waals surface area (Å²) in [6.45, 7) is 3.25. The van der Waals surface area contributed by atoms with Crippen LogP contribution in [-0.4, -0.2) is 33.4 Å². The molecular formula is C13H19N3O5. The molecule has 0 unspecified atom stereocenters. The van der Waals surface area contributed by atoms with Crippen molar-refractivity contribution >= 4 is 11.8 Å². The maximum absolute atomic E-state index is 12.0. The molecule has 21 heavy (non-hydrogen) atoms. The van der Waals surface area contributed by atoms with Crippen molar-refractivity contribution in [3.05, 3.63) is 22.2 Å². The second-order valence-electron chi connectivity index (χ2n) is 5.02. The smallest absolute Gasteiger partial charge is 0.351 e. The number of carbonyl (C=O) groups is 1. The molecule has 116 valence electrons. The third kappa shape index (κ3) is 3.79. The Balaban J connectivity index is 2.12. The molecule has 0 aliphatic carbocycles. The highest BCUT2D eigenvalue weighted by Crippen LogP contribution is 2.26. The Morgan fingerprint density at radius 2 is 2.38 bits per heavy atom. The first-order valence-corrected chi connectivity index (χ1v) is 6.80. The third-order valence-electron chi connectivity index (χ3n) is 3.35. The zero-order chi connectivity index (χ0) is 15.4. The van der Waals surface area contributed by atoms with Crippen LogP contribution in [0.2, 0.25) is 0 Å². The van der Waals surface area contributed by atoms with E-state index in [0.29, 0.717) is 12.0 Å². The topological polar surface area (TPSA) is 103 Å². The van der Waals surface area contributed by atoms with Crippen molar-refractivity contribution in [2.24, 2.45) is 0 Å². The molecule has 0 amide bonds. The lowest BCUT2D eigenvalue weighted by Gasteiger charge is -2.30. The molecule has 1 aromatic heterocycles. The van der Waals surface area contributed by atoms with E-state index in [1.807, 2.05) is 5.48 Å². The summed E-state index contributed by atoms with van der Waals surface area (Å²) in [5.41, 5.74) is 2.01. The molecule has 2 N–H and O–H groups in total. The molecular weight excluding hydrogens is 278 g/mol.